The third kappa shape index (κ3) is 4.72. The highest BCUT2D eigenvalue weighted by Crippen LogP contribution is 2.30. The lowest BCUT2D eigenvalue weighted by molar-refractivity contribution is -0.134. The molecule has 29 heavy (non-hydrogen) atoms. The topological polar surface area (TPSA) is 75.6 Å². The fourth-order valence-corrected chi connectivity index (χ4v) is 3.61. The summed E-state index contributed by atoms with van der Waals surface area (Å²) in [4.78, 5) is 37.7. The molecule has 1 aromatic carbocycles. The summed E-state index contributed by atoms with van der Waals surface area (Å²) in [5.41, 5.74) is 2.08. The van der Waals surface area contributed by atoms with Crippen molar-refractivity contribution in [3.63, 3.8) is 0 Å². The fourth-order valence-electron chi connectivity index (χ4n) is 3.61. The number of rotatable bonds is 5. The van der Waals surface area contributed by atoms with Crippen molar-refractivity contribution in [2.45, 2.75) is 38.6 Å². The molecule has 1 atom stereocenters. The van der Waals surface area contributed by atoms with Gasteiger partial charge >= 0.3 is 0 Å². The van der Waals surface area contributed by atoms with Gasteiger partial charge in [0.2, 0.25) is 5.91 Å². The number of ether oxygens (including phenoxy) is 1. The molecular weight excluding hydrogens is 368 g/mol. The minimum absolute atomic E-state index is 0.0644. The Balaban J connectivity index is 1.79. The summed E-state index contributed by atoms with van der Waals surface area (Å²) in [6.07, 6.45) is 4.74. The second-order valence-electron chi connectivity index (χ2n) is 7.55. The smallest absolute Gasteiger partial charge is 0.256 e. The third-order valence-electron chi connectivity index (χ3n) is 5.27. The molecule has 0 radical (unpaired) electrons. The second-order valence-corrected chi connectivity index (χ2v) is 7.55. The molecule has 2 heterocycles. The SMILES string of the molecule is COc1ccc(CC(=O)N2CCCC[C@H]2c2ncc(C(=O)N(C)C)c(C)n2)cc1. The average molecular weight is 396 g/mol. The Kier molecular flexibility index (Phi) is 6.46. The van der Waals surface area contributed by atoms with Gasteiger partial charge in [0.05, 0.1) is 30.8 Å². The lowest BCUT2D eigenvalue weighted by Gasteiger charge is -2.35. The van der Waals surface area contributed by atoms with E-state index in [0.717, 1.165) is 30.6 Å². The molecule has 154 valence electrons. The lowest BCUT2D eigenvalue weighted by atomic mass is 9.99. The lowest BCUT2D eigenvalue weighted by Crippen LogP contribution is -2.40. The fraction of sp³-hybridized carbons (Fsp3) is 0.455. The highest BCUT2D eigenvalue weighted by atomic mass is 16.5. The molecule has 1 fully saturated rings. The molecule has 0 aliphatic carbocycles. The number of carbonyl (C=O) groups is 2. The maximum absolute atomic E-state index is 13.0. The molecule has 1 aliphatic rings. The van der Waals surface area contributed by atoms with Crippen LogP contribution >= 0.6 is 0 Å². The van der Waals surface area contributed by atoms with Crippen molar-refractivity contribution < 1.29 is 14.3 Å². The van der Waals surface area contributed by atoms with Crippen LogP contribution in [0.4, 0.5) is 0 Å². The highest BCUT2D eigenvalue weighted by molar-refractivity contribution is 5.94. The molecule has 2 aromatic rings. The van der Waals surface area contributed by atoms with Crippen LogP contribution in [0.15, 0.2) is 30.5 Å². The van der Waals surface area contributed by atoms with Crippen LogP contribution in [-0.4, -0.2) is 59.3 Å². The number of methoxy groups -OCH3 is 1. The van der Waals surface area contributed by atoms with Gasteiger partial charge < -0.3 is 14.5 Å². The Morgan fingerprint density at radius 1 is 1.21 bits per heavy atom. The number of hydrogen-bond donors (Lipinski definition) is 0. The van der Waals surface area contributed by atoms with Crippen LogP contribution in [0, 0.1) is 6.92 Å². The van der Waals surface area contributed by atoms with Crippen molar-refractivity contribution in [3.05, 3.63) is 53.1 Å². The van der Waals surface area contributed by atoms with Crippen molar-refractivity contribution in [1.82, 2.24) is 19.8 Å². The second kappa shape index (κ2) is 9.03. The highest BCUT2D eigenvalue weighted by Gasteiger charge is 2.30. The van der Waals surface area contributed by atoms with Gasteiger partial charge in [0.25, 0.3) is 5.91 Å². The molecule has 3 rings (SSSR count). The van der Waals surface area contributed by atoms with Crippen molar-refractivity contribution in [2.24, 2.45) is 0 Å². The van der Waals surface area contributed by atoms with E-state index >= 15 is 0 Å². The average Bonchev–Trinajstić information content (AvgIpc) is 2.73. The number of piperidine rings is 1. The van der Waals surface area contributed by atoms with Gasteiger partial charge in [0, 0.05) is 26.8 Å². The molecule has 0 spiro atoms. The van der Waals surface area contributed by atoms with E-state index < -0.39 is 0 Å². The first kappa shape index (κ1) is 20.8. The van der Waals surface area contributed by atoms with Gasteiger partial charge in [-0.1, -0.05) is 12.1 Å². The summed E-state index contributed by atoms with van der Waals surface area (Å²) >= 11 is 0. The summed E-state index contributed by atoms with van der Waals surface area (Å²) in [5, 5.41) is 0. The zero-order valence-corrected chi connectivity index (χ0v) is 17.5. The van der Waals surface area contributed by atoms with Crippen LogP contribution in [0.3, 0.4) is 0 Å². The van der Waals surface area contributed by atoms with Crippen LogP contribution in [0.1, 0.15) is 52.7 Å². The first-order valence-corrected chi connectivity index (χ1v) is 9.88. The number of nitrogens with zero attached hydrogens (tertiary/aromatic N) is 4. The monoisotopic (exact) mass is 396 g/mol. The van der Waals surface area contributed by atoms with E-state index in [9.17, 15) is 9.59 Å². The molecule has 0 saturated carbocycles. The van der Waals surface area contributed by atoms with E-state index in [1.807, 2.05) is 36.1 Å². The van der Waals surface area contributed by atoms with Gasteiger partial charge in [-0.05, 0) is 43.9 Å². The maximum atomic E-state index is 13.0. The predicted molar refractivity (Wildman–Crippen MR) is 110 cm³/mol. The number of aromatic nitrogens is 2. The summed E-state index contributed by atoms with van der Waals surface area (Å²) in [7, 11) is 5.03. The van der Waals surface area contributed by atoms with Gasteiger partial charge in [-0.25, -0.2) is 9.97 Å². The Morgan fingerprint density at radius 3 is 2.55 bits per heavy atom. The van der Waals surface area contributed by atoms with E-state index in [1.165, 1.54) is 4.90 Å². The molecule has 1 aromatic heterocycles. The van der Waals surface area contributed by atoms with E-state index in [0.29, 0.717) is 30.0 Å². The molecule has 0 bridgehead atoms. The molecule has 0 N–H and O–H groups in total. The van der Waals surface area contributed by atoms with Gasteiger partial charge in [-0.15, -0.1) is 0 Å². The van der Waals surface area contributed by atoms with Crippen LogP contribution in [0.2, 0.25) is 0 Å². The first-order chi connectivity index (χ1) is 13.9. The Hall–Kier alpha value is -2.96. The molecule has 7 heteroatoms. The normalized spacial score (nSPS) is 16.4. The van der Waals surface area contributed by atoms with Crippen LogP contribution in [0.5, 0.6) is 5.75 Å². The first-order valence-electron chi connectivity index (χ1n) is 9.88. The van der Waals surface area contributed by atoms with Gasteiger partial charge in [0.15, 0.2) is 5.82 Å². The summed E-state index contributed by atoms with van der Waals surface area (Å²) < 4.78 is 5.18. The van der Waals surface area contributed by atoms with Crippen molar-refractivity contribution >= 4 is 11.8 Å². The van der Waals surface area contributed by atoms with E-state index in [-0.39, 0.29) is 17.9 Å². The Bertz CT molecular complexity index is 880. The number of amides is 2. The van der Waals surface area contributed by atoms with Crippen molar-refractivity contribution in [2.75, 3.05) is 27.7 Å². The van der Waals surface area contributed by atoms with E-state index in [2.05, 4.69) is 9.97 Å². The van der Waals surface area contributed by atoms with Crippen molar-refractivity contribution in [3.8, 4) is 5.75 Å². The zero-order chi connectivity index (χ0) is 21.0. The van der Waals surface area contributed by atoms with Gasteiger partial charge in [-0.2, -0.15) is 0 Å². The standard InChI is InChI=1S/C22H28N4O3/c1-15-18(22(28)25(2)3)14-23-21(24-15)19-7-5-6-12-26(19)20(27)13-16-8-10-17(29-4)11-9-16/h8-11,14,19H,5-7,12-13H2,1-4H3/t19-/m0/s1. The number of likely N-dealkylation sites (tertiary alicyclic amines) is 1. The molecule has 1 aliphatic heterocycles. The molecule has 0 unspecified atom stereocenters. The molecule has 7 nitrogen and oxygen atoms in total. The Morgan fingerprint density at radius 2 is 1.93 bits per heavy atom. The Labute approximate surface area is 171 Å². The van der Waals surface area contributed by atoms with Crippen LogP contribution < -0.4 is 4.74 Å². The number of aryl methyl sites for hydroxylation is 1. The van der Waals surface area contributed by atoms with Crippen LogP contribution in [0.25, 0.3) is 0 Å². The van der Waals surface area contributed by atoms with Gasteiger partial charge in [-0.3, -0.25) is 9.59 Å². The summed E-state index contributed by atoms with van der Waals surface area (Å²) in [6, 6.07) is 7.40. The van der Waals surface area contributed by atoms with E-state index in [1.54, 1.807) is 27.4 Å². The minimum Gasteiger partial charge on any atom is -0.497 e. The number of hydrogen-bond acceptors (Lipinski definition) is 5. The van der Waals surface area contributed by atoms with Crippen LogP contribution in [-0.2, 0) is 11.2 Å². The molecule has 1 saturated heterocycles. The largest absolute Gasteiger partial charge is 0.497 e. The zero-order valence-electron chi connectivity index (χ0n) is 17.5. The number of carbonyl (C=O) groups excluding carboxylic acids is 2. The molecular formula is C22H28N4O3. The summed E-state index contributed by atoms with van der Waals surface area (Å²) in [6.45, 7) is 2.51. The third-order valence-corrected chi connectivity index (χ3v) is 5.27. The number of benzene rings is 1. The molecule has 2 amide bonds. The maximum Gasteiger partial charge on any atom is 0.256 e. The van der Waals surface area contributed by atoms with Crippen molar-refractivity contribution in [1.29, 1.82) is 0 Å². The quantitative estimate of drug-likeness (QED) is 0.777. The van der Waals surface area contributed by atoms with E-state index in [4.69, 9.17) is 4.74 Å². The minimum atomic E-state index is -0.156. The predicted octanol–water partition coefficient (Wildman–Crippen LogP) is 2.79. The van der Waals surface area contributed by atoms with Gasteiger partial charge in [0.1, 0.15) is 5.75 Å². The summed E-state index contributed by atoms with van der Waals surface area (Å²) in [5.74, 6) is 1.33.